The number of amides is 1. The third kappa shape index (κ3) is 5.01. The van der Waals surface area contributed by atoms with E-state index < -0.39 is 0 Å². The highest BCUT2D eigenvalue weighted by Crippen LogP contribution is 2.30. The molecule has 126 valence electrons. The van der Waals surface area contributed by atoms with E-state index in [9.17, 15) is 9.18 Å². The molecule has 1 heterocycles. The quantitative estimate of drug-likeness (QED) is 0.803. The number of nitrogens with zero attached hydrogens (tertiary/aromatic N) is 2. The normalized spacial score (nSPS) is 22.1. The van der Waals surface area contributed by atoms with Crippen molar-refractivity contribution in [3.63, 3.8) is 0 Å². The second-order valence-electron chi connectivity index (χ2n) is 6.80. The van der Waals surface area contributed by atoms with E-state index in [-0.39, 0.29) is 24.2 Å². The van der Waals surface area contributed by atoms with Gasteiger partial charge in [-0.2, -0.15) is 0 Å². The number of halogens is 1. The zero-order valence-electron chi connectivity index (χ0n) is 13.7. The number of ether oxygens (including phenoxy) is 1. The Kier molecular flexibility index (Phi) is 5.28. The molecular weight excluding hydrogens is 295 g/mol. The van der Waals surface area contributed by atoms with Gasteiger partial charge in [0.25, 0.3) is 0 Å². The maximum Gasteiger partial charge on any atom is 0.227 e. The van der Waals surface area contributed by atoms with Crippen LogP contribution in [0.25, 0.3) is 0 Å². The summed E-state index contributed by atoms with van der Waals surface area (Å²) in [7, 11) is 2.08. The topological polar surface area (TPSA) is 32.8 Å². The summed E-state index contributed by atoms with van der Waals surface area (Å²) < 4.78 is 19.1. The summed E-state index contributed by atoms with van der Waals surface area (Å²) in [6, 6.07) is 6.31. The van der Waals surface area contributed by atoms with Gasteiger partial charge in [-0.15, -0.1) is 0 Å². The van der Waals surface area contributed by atoms with Crippen molar-refractivity contribution in [1.29, 1.82) is 0 Å². The molecular formula is C18H25FN2O2. The minimum atomic E-state index is -0.290. The van der Waals surface area contributed by atoms with Gasteiger partial charge < -0.3 is 14.5 Å². The van der Waals surface area contributed by atoms with E-state index in [0.717, 1.165) is 31.8 Å². The van der Waals surface area contributed by atoms with E-state index in [1.807, 2.05) is 4.90 Å². The highest BCUT2D eigenvalue weighted by molar-refractivity contribution is 5.78. The number of hydrogen-bond donors (Lipinski definition) is 0. The Morgan fingerprint density at radius 3 is 2.91 bits per heavy atom. The highest BCUT2D eigenvalue weighted by atomic mass is 19.1. The van der Waals surface area contributed by atoms with Crippen LogP contribution in [0.1, 0.15) is 18.4 Å². The summed E-state index contributed by atoms with van der Waals surface area (Å²) in [4.78, 5) is 16.8. The lowest BCUT2D eigenvalue weighted by Gasteiger charge is -2.34. The van der Waals surface area contributed by atoms with E-state index in [1.54, 1.807) is 12.1 Å². The van der Waals surface area contributed by atoms with Crippen LogP contribution in [0.15, 0.2) is 24.3 Å². The van der Waals surface area contributed by atoms with E-state index >= 15 is 0 Å². The second kappa shape index (κ2) is 7.41. The Labute approximate surface area is 137 Å². The standard InChI is InChI=1S/C18H25FN2O2/c1-20-7-8-23-17(12-20)13-21(11-14-5-6-14)18(22)10-15-3-2-4-16(19)9-15/h2-4,9,14,17H,5-8,10-13H2,1H3/t17-/m0/s1. The number of carbonyl (C=O) groups excluding carboxylic acids is 1. The average Bonchev–Trinajstić information content (AvgIpc) is 3.31. The van der Waals surface area contributed by atoms with Crippen LogP contribution in [0.2, 0.25) is 0 Å². The van der Waals surface area contributed by atoms with E-state index in [2.05, 4.69) is 11.9 Å². The number of morpholine rings is 1. The van der Waals surface area contributed by atoms with Crippen LogP contribution >= 0.6 is 0 Å². The zero-order valence-corrected chi connectivity index (χ0v) is 13.7. The van der Waals surface area contributed by atoms with Gasteiger partial charge in [-0.25, -0.2) is 4.39 Å². The molecule has 5 heteroatoms. The summed E-state index contributed by atoms with van der Waals surface area (Å²) in [6.07, 6.45) is 2.74. The molecule has 1 aliphatic carbocycles. The molecule has 1 saturated heterocycles. The molecule has 1 amide bonds. The molecule has 3 rings (SSSR count). The third-order valence-corrected chi connectivity index (χ3v) is 4.54. The first kappa shape index (κ1) is 16.4. The van der Waals surface area contributed by atoms with E-state index in [0.29, 0.717) is 12.5 Å². The lowest BCUT2D eigenvalue weighted by Crippen LogP contribution is -2.48. The van der Waals surface area contributed by atoms with Crippen LogP contribution < -0.4 is 0 Å². The molecule has 4 nitrogen and oxygen atoms in total. The van der Waals surface area contributed by atoms with Crippen molar-refractivity contribution < 1.29 is 13.9 Å². The molecule has 1 aromatic carbocycles. The predicted molar refractivity (Wildman–Crippen MR) is 86.6 cm³/mol. The first-order chi connectivity index (χ1) is 11.1. The Bertz CT molecular complexity index is 548. The summed E-state index contributed by atoms with van der Waals surface area (Å²) in [5.74, 6) is 0.411. The van der Waals surface area contributed by atoms with Crippen LogP contribution in [0.3, 0.4) is 0 Å². The molecule has 1 aromatic rings. The van der Waals surface area contributed by atoms with Crippen molar-refractivity contribution in [2.45, 2.75) is 25.4 Å². The summed E-state index contributed by atoms with van der Waals surface area (Å²) in [5.41, 5.74) is 0.734. The largest absolute Gasteiger partial charge is 0.374 e. The summed E-state index contributed by atoms with van der Waals surface area (Å²) >= 11 is 0. The Balaban J connectivity index is 1.61. The monoisotopic (exact) mass is 320 g/mol. The van der Waals surface area contributed by atoms with E-state index in [4.69, 9.17) is 4.74 Å². The molecule has 0 unspecified atom stereocenters. The number of benzene rings is 1. The molecule has 1 aliphatic heterocycles. The van der Waals surface area contributed by atoms with Crippen LogP contribution in [0.5, 0.6) is 0 Å². The van der Waals surface area contributed by atoms with Crippen LogP contribution in [-0.2, 0) is 16.0 Å². The molecule has 1 saturated carbocycles. The zero-order chi connectivity index (χ0) is 16.2. The fraction of sp³-hybridized carbons (Fsp3) is 0.611. The number of hydrogen-bond acceptors (Lipinski definition) is 3. The number of likely N-dealkylation sites (N-methyl/N-ethyl adjacent to an activating group) is 1. The third-order valence-electron chi connectivity index (χ3n) is 4.54. The Morgan fingerprint density at radius 1 is 1.39 bits per heavy atom. The molecule has 2 fully saturated rings. The van der Waals surface area contributed by atoms with Gasteiger partial charge in [0.05, 0.1) is 19.1 Å². The van der Waals surface area contributed by atoms with Gasteiger partial charge in [-0.3, -0.25) is 4.79 Å². The molecule has 0 aromatic heterocycles. The van der Waals surface area contributed by atoms with Crippen LogP contribution in [0.4, 0.5) is 4.39 Å². The molecule has 1 atom stereocenters. The van der Waals surface area contributed by atoms with Gasteiger partial charge in [0, 0.05) is 26.2 Å². The van der Waals surface area contributed by atoms with Crippen LogP contribution in [0, 0.1) is 11.7 Å². The van der Waals surface area contributed by atoms with Gasteiger partial charge in [0.15, 0.2) is 0 Å². The van der Waals surface area contributed by atoms with Gasteiger partial charge in [0.2, 0.25) is 5.91 Å². The van der Waals surface area contributed by atoms with Crippen molar-refractivity contribution >= 4 is 5.91 Å². The van der Waals surface area contributed by atoms with Gasteiger partial charge in [-0.1, -0.05) is 12.1 Å². The predicted octanol–water partition coefficient (Wildman–Crippen LogP) is 1.94. The molecule has 0 spiro atoms. The molecule has 0 N–H and O–H groups in total. The number of rotatable bonds is 6. The molecule has 0 radical (unpaired) electrons. The second-order valence-corrected chi connectivity index (χ2v) is 6.80. The first-order valence-electron chi connectivity index (χ1n) is 8.42. The minimum Gasteiger partial charge on any atom is -0.374 e. The fourth-order valence-electron chi connectivity index (χ4n) is 3.05. The summed E-state index contributed by atoms with van der Waals surface area (Å²) in [6.45, 7) is 3.95. The first-order valence-corrected chi connectivity index (χ1v) is 8.42. The van der Waals surface area contributed by atoms with Crippen LogP contribution in [-0.4, -0.2) is 61.6 Å². The maximum absolute atomic E-state index is 13.3. The minimum absolute atomic E-state index is 0.0688. The average molecular weight is 320 g/mol. The molecule has 0 bridgehead atoms. The van der Waals surface area contributed by atoms with Crippen molar-refractivity contribution in [2.24, 2.45) is 5.92 Å². The molecule has 23 heavy (non-hydrogen) atoms. The van der Waals surface area contributed by atoms with Crippen molar-refractivity contribution in [3.8, 4) is 0 Å². The van der Waals surface area contributed by atoms with Gasteiger partial charge >= 0.3 is 0 Å². The Morgan fingerprint density at radius 2 is 2.22 bits per heavy atom. The SMILES string of the molecule is CN1CCO[C@H](CN(CC2CC2)C(=O)Cc2cccc(F)c2)C1. The van der Waals surface area contributed by atoms with Crippen molar-refractivity contribution in [2.75, 3.05) is 39.8 Å². The lowest BCUT2D eigenvalue weighted by molar-refractivity contribution is -0.134. The molecule has 2 aliphatic rings. The van der Waals surface area contributed by atoms with E-state index in [1.165, 1.54) is 25.0 Å². The van der Waals surface area contributed by atoms with Crippen molar-refractivity contribution in [3.05, 3.63) is 35.6 Å². The van der Waals surface area contributed by atoms with Crippen molar-refractivity contribution in [1.82, 2.24) is 9.80 Å². The number of carbonyl (C=O) groups is 1. The van der Waals surface area contributed by atoms with Gasteiger partial charge in [0.1, 0.15) is 5.82 Å². The fourth-order valence-corrected chi connectivity index (χ4v) is 3.05. The summed E-state index contributed by atoms with van der Waals surface area (Å²) in [5, 5.41) is 0. The lowest BCUT2D eigenvalue weighted by atomic mass is 10.1. The highest BCUT2D eigenvalue weighted by Gasteiger charge is 2.29. The maximum atomic E-state index is 13.3. The Hall–Kier alpha value is -1.46. The smallest absolute Gasteiger partial charge is 0.227 e. The van der Waals surface area contributed by atoms with Gasteiger partial charge in [-0.05, 0) is 43.5 Å².